The molecule has 1 aromatic carbocycles. The third-order valence-electron chi connectivity index (χ3n) is 5.04. The lowest BCUT2D eigenvalue weighted by Gasteiger charge is -2.43. The minimum atomic E-state index is -0.764. The number of hydrogen-bond donors (Lipinski definition) is 1. The number of nitrogens with zero attached hydrogens (tertiary/aromatic N) is 2. The van der Waals surface area contributed by atoms with Gasteiger partial charge in [0, 0.05) is 31.7 Å². The molecule has 1 aromatic rings. The van der Waals surface area contributed by atoms with Crippen molar-refractivity contribution in [3.8, 4) is 0 Å². The normalized spacial score (nSPS) is 22.6. The van der Waals surface area contributed by atoms with Crippen LogP contribution in [-0.4, -0.2) is 53.1 Å². The van der Waals surface area contributed by atoms with Crippen molar-refractivity contribution >= 4 is 30.8 Å². The van der Waals surface area contributed by atoms with E-state index in [0.717, 1.165) is 25.2 Å². The summed E-state index contributed by atoms with van der Waals surface area (Å²) in [7, 11) is 0. The molecule has 1 saturated carbocycles. The van der Waals surface area contributed by atoms with Gasteiger partial charge >= 0.3 is 5.97 Å². The van der Waals surface area contributed by atoms with Crippen LogP contribution in [0.5, 0.6) is 0 Å². The standard InChI is InChI=1S/C18H25FN2O2.2ClH/c1-13-11-21(8-7-20(13)12-17(22)23)18(15-5-6-15)16-4-2-3-14(9-16)10-19;;/h2-4,9,13,15,18H,5-8,10-12H2,1H3,(H,22,23);2*1H. The molecule has 1 aliphatic carbocycles. The number of carboxylic acids is 1. The molecule has 2 aliphatic rings. The fourth-order valence-electron chi connectivity index (χ4n) is 3.74. The first-order valence-electron chi connectivity index (χ1n) is 8.43. The van der Waals surface area contributed by atoms with Crippen molar-refractivity contribution in [1.82, 2.24) is 9.80 Å². The molecule has 25 heavy (non-hydrogen) atoms. The molecule has 1 aliphatic heterocycles. The van der Waals surface area contributed by atoms with Crippen LogP contribution < -0.4 is 0 Å². The maximum absolute atomic E-state index is 13.0. The predicted molar refractivity (Wildman–Crippen MR) is 101 cm³/mol. The van der Waals surface area contributed by atoms with Crippen LogP contribution in [0.25, 0.3) is 0 Å². The second-order valence-corrected chi connectivity index (χ2v) is 6.87. The zero-order valence-electron chi connectivity index (χ0n) is 14.4. The van der Waals surface area contributed by atoms with Crippen molar-refractivity contribution in [3.63, 3.8) is 0 Å². The largest absolute Gasteiger partial charge is 0.480 e. The molecule has 4 nitrogen and oxygen atoms in total. The van der Waals surface area contributed by atoms with Gasteiger partial charge in [0.05, 0.1) is 6.54 Å². The lowest BCUT2D eigenvalue weighted by molar-refractivity contribution is -0.139. The highest BCUT2D eigenvalue weighted by molar-refractivity contribution is 5.85. The minimum absolute atomic E-state index is 0. The lowest BCUT2D eigenvalue weighted by atomic mass is 9.97. The van der Waals surface area contributed by atoms with Gasteiger partial charge < -0.3 is 5.11 Å². The average Bonchev–Trinajstić information content (AvgIpc) is 3.35. The predicted octanol–water partition coefficient (Wildman–Crippen LogP) is 3.54. The molecule has 1 heterocycles. The van der Waals surface area contributed by atoms with Crippen LogP contribution in [-0.2, 0) is 11.5 Å². The molecule has 0 bridgehead atoms. The van der Waals surface area contributed by atoms with Gasteiger partial charge in [0.2, 0.25) is 0 Å². The average molecular weight is 393 g/mol. The molecule has 2 atom stereocenters. The number of benzene rings is 1. The summed E-state index contributed by atoms with van der Waals surface area (Å²) in [4.78, 5) is 15.4. The smallest absolute Gasteiger partial charge is 0.317 e. The summed E-state index contributed by atoms with van der Waals surface area (Å²) < 4.78 is 13.0. The summed E-state index contributed by atoms with van der Waals surface area (Å²) >= 11 is 0. The monoisotopic (exact) mass is 392 g/mol. The highest BCUT2D eigenvalue weighted by Crippen LogP contribution is 2.45. The number of aliphatic carboxylic acids is 1. The zero-order chi connectivity index (χ0) is 16.4. The quantitative estimate of drug-likeness (QED) is 0.803. The molecule has 1 N–H and O–H groups in total. The number of alkyl halides is 1. The van der Waals surface area contributed by atoms with Gasteiger partial charge in [-0.2, -0.15) is 0 Å². The van der Waals surface area contributed by atoms with Crippen LogP contribution in [0.3, 0.4) is 0 Å². The first kappa shape index (κ1) is 22.2. The van der Waals surface area contributed by atoms with Crippen LogP contribution in [0.15, 0.2) is 24.3 Å². The number of rotatable bonds is 6. The Kier molecular flexibility index (Phi) is 8.61. The number of carboxylic acid groups (broad SMARTS) is 1. The van der Waals surface area contributed by atoms with E-state index in [4.69, 9.17) is 5.11 Å². The van der Waals surface area contributed by atoms with Gasteiger partial charge in [-0.05, 0) is 36.8 Å². The Hall–Kier alpha value is -0.880. The summed E-state index contributed by atoms with van der Waals surface area (Å²) in [6.45, 7) is 4.30. The van der Waals surface area contributed by atoms with Gasteiger partial charge in [0.1, 0.15) is 6.67 Å². The molecule has 1 saturated heterocycles. The Morgan fingerprint density at radius 2 is 2.04 bits per heavy atom. The topological polar surface area (TPSA) is 43.8 Å². The highest BCUT2D eigenvalue weighted by Gasteiger charge is 2.39. The zero-order valence-corrected chi connectivity index (χ0v) is 16.1. The third-order valence-corrected chi connectivity index (χ3v) is 5.04. The third kappa shape index (κ3) is 5.55. The van der Waals surface area contributed by atoms with Crippen molar-refractivity contribution < 1.29 is 14.3 Å². The lowest BCUT2D eigenvalue weighted by Crippen LogP contribution is -2.54. The number of piperazine rings is 1. The Labute approximate surface area is 161 Å². The van der Waals surface area contributed by atoms with E-state index in [9.17, 15) is 9.18 Å². The van der Waals surface area contributed by atoms with Crippen LogP contribution in [0, 0.1) is 5.92 Å². The Bertz CT molecular complexity index is 572. The summed E-state index contributed by atoms with van der Waals surface area (Å²) in [5, 5.41) is 9.00. The van der Waals surface area contributed by atoms with E-state index in [-0.39, 0.29) is 37.4 Å². The molecular formula is C18H27Cl2FN2O2. The minimum Gasteiger partial charge on any atom is -0.480 e. The van der Waals surface area contributed by atoms with Crippen molar-refractivity contribution in [2.75, 3.05) is 26.2 Å². The second kappa shape index (κ2) is 9.72. The van der Waals surface area contributed by atoms with E-state index < -0.39 is 12.6 Å². The second-order valence-electron chi connectivity index (χ2n) is 6.87. The summed E-state index contributed by atoms with van der Waals surface area (Å²) in [6, 6.07) is 8.46. The molecule has 2 fully saturated rings. The Morgan fingerprint density at radius 1 is 1.32 bits per heavy atom. The van der Waals surface area contributed by atoms with Gasteiger partial charge in [0.25, 0.3) is 0 Å². The van der Waals surface area contributed by atoms with Crippen LogP contribution in [0.1, 0.15) is 36.9 Å². The first-order valence-corrected chi connectivity index (χ1v) is 8.43. The first-order chi connectivity index (χ1) is 11.1. The van der Waals surface area contributed by atoms with Crippen molar-refractivity contribution in [3.05, 3.63) is 35.4 Å². The molecular weight excluding hydrogens is 366 g/mol. The molecule has 0 radical (unpaired) electrons. The Balaban J connectivity index is 0.00000156. The van der Waals surface area contributed by atoms with Crippen LogP contribution in [0.2, 0.25) is 0 Å². The van der Waals surface area contributed by atoms with E-state index in [1.807, 2.05) is 23.1 Å². The van der Waals surface area contributed by atoms with Gasteiger partial charge in [-0.3, -0.25) is 14.6 Å². The fourth-order valence-corrected chi connectivity index (χ4v) is 3.74. The maximum Gasteiger partial charge on any atom is 0.317 e. The molecule has 142 valence electrons. The summed E-state index contributed by atoms with van der Waals surface area (Å²) in [5.41, 5.74) is 1.95. The molecule has 3 rings (SSSR count). The van der Waals surface area contributed by atoms with E-state index >= 15 is 0 Å². The van der Waals surface area contributed by atoms with E-state index in [1.165, 1.54) is 18.4 Å². The van der Waals surface area contributed by atoms with Crippen molar-refractivity contribution in [1.29, 1.82) is 0 Å². The summed E-state index contributed by atoms with van der Waals surface area (Å²) in [6.07, 6.45) is 2.46. The van der Waals surface area contributed by atoms with E-state index in [0.29, 0.717) is 12.0 Å². The van der Waals surface area contributed by atoms with E-state index in [1.54, 1.807) is 0 Å². The highest BCUT2D eigenvalue weighted by atomic mass is 35.5. The van der Waals surface area contributed by atoms with E-state index in [2.05, 4.69) is 17.9 Å². The Morgan fingerprint density at radius 3 is 2.60 bits per heavy atom. The molecule has 7 heteroatoms. The van der Waals surface area contributed by atoms with Crippen molar-refractivity contribution in [2.45, 2.75) is 38.5 Å². The molecule has 0 amide bonds. The van der Waals surface area contributed by atoms with Crippen LogP contribution in [0.4, 0.5) is 4.39 Å². The van der Waals surface area contributed by atoms with Gasteiger partial charge in [-0.15, -0.1) is 24.8 Å². The SMILES string of the molecule is CC1CN(C(c2cccc(CF)c2)C2CC2)CCN1CC(=O)O.Cl.Cl. The van der Waals surface area contributed by atoms with Gasteiger partial charge in [-0.1, -0.05) is 24.3 Å². The van der Waals surface area contributed by atoms with Crippen LogP contribution >= 0.6 is 24.8 Å². The number of carbonyl (C=O) groups is 1. The summed E-state index contributed by atoms with van der Waals surface area (Å²) in [5.74, 6) is -0.109. The number of hydrogen-bond acceptors (Lipinski definition) is 3. The van der Waals surface area contributed by atoms with Gasteiger partial charge in [-0.25, -0.2) is 4.39 Å². The fraction of sp³-hybridized carbons (Fsp3) is 0.611. The molecule has 2 unspecified atom stereocenters. The van der Waals surface area contributed by atoms with Crippen molar-refractivity contribution in [2.24, 2.45) is 5.92 Å². The molecule has 0 spiro atoms. The molecule has 0 aromatic heterocycles. The number of halogens is 3. The van der Waals surface area contributed by atoms with Gasteiger partial charge in [0.15, 0.2) is 0 Å². The maximum atomic E-state index is 13.0.